The van der Waals surface area contributed by atoms with E-state index in [2.05, 4.69) is 10.3 Å². The minimum Gasteiger partial charge on any atom is -0.503 e. The average Bonchev–Trinajstić information content (AvgIpc) is 2.74. The number of carbonyl (C=O) groups excluding carboxylic acids is 2. The number of hydrogen-bond acceptors (Lipinski definition) is 4. The molecule has 2 N–H and O–H groups in total. The largest absolute Gasteiger partial charge is 0.503 e. The predicted octanol–water partition coefficient (Wildman–Crippen LogP) is 0.862. The fraction of sp³-hybridized carbons (Fsp3) is 0.400. The number of aromatic nitrogens is 1. The first-order valence-electron chi connectivity index (χ1n) is 6.97. The molecule has 0 bridgehead atoms. The minimum atomic E-state index is -0.544. The van der Waals surface area contributed by atoms with Crippen molar-refractivity contribution < 1.29 is 19.1 Å². The Morgan fingerprint density at radius 1 is 1.55 bits per heavy atom. The molecule has 6 nitrogen and oxygen atoms in total. The van der Waals surface area contributed by atoms with Crippen molar-refractivity contribution in [3.63, 3.8) is 0 Å². The fourth-order valence-electron chi connectivity index (χ4n) is 2.23. The van der Waals surface area contributed by atoms with E-state index in [1.165, 1.54) is 18.1 Å². The van der Waals surface area contributed by atoms with Gasteiger partial charge in [0.15, 0.2) is 5.76 Å². The third-order valence-corrected chi connectivity index (χ3v) is 3.50. The Bertz CT molecular complexity index is 643. The molecule has 2 amide bonds. The van der Waals surface area contributed by atoms with Crippen LogP contribution in [0, 0.1) is 12.9 Å². The van der Waals surface area contributed by atoms with Crippen molar-refractivity contribution in [1.82, 2.24) is 15.2 Å². The van der Waals surface area contributed by atoms with Gasteiger partial charge in [0.05, 0.1) is 12.1 Å². The maximum absolute atomic E-state index is 13.0. The van der Waals surface area contributed by atoms with Crippen molar-refractivity contribution in [2.75, 3.05) is 20.1 Å². The first-order valence-corrected chi connectivity index (χ1v) is 6.97. The van der Waals surface area contributed by atoms with Crippen LogP contribution in [-0.2, 0) is 16.0 Å². The van der Waals surface area contributed by atoms with Crippen LogP contribution in [0.4, 0.5) is 4.39 Å². The third-order valence-electron chi connectivity index (χ3n) is 3.50. The molecule has 0 saturated heterocycles. The molecule has 118 valence electrons. The molecule has 0 atom stereocenters. The smallest absolute Gasteiger partial charge is 0.289 e. The zero-order valence-corrected chi connectivity index (χ0v) is 12.5. The van der Waals surface area contributed by atoms with Gasteiger partial charge >= 0.3 is 0 Å². The molecule has 0 aromatic carbocycles. The van der Waals surface area contributed by atoms with E-state index >= 15 is 0 Å². The van der Waals surface area contributed by atoms with E-state index in [1.807, 2.05) is 0 Å². The standard InChI is InChI=1S/C15H18FN3O3/c1-9-6-10(7-18-13(9)16)4-3-5-17-14(21)11-8-19(2)15(22)12(11)20/h6-7,20H,3-5,8H2,1-2H3,(H,17,21). The highest BCUT2D eigenvalue weighted by Gasteiger charge is 2.31. The number of aliphatic hydroxyl groups excluding tert-OH is 1. The molecule has 0 saturated carbocycles. The van der Waals surface area contributed by atoms with Gasteiger partial charge in [0.25, 0.3) is 11.8 Å². The van der Waals surface area contributed by atoms with E-state index in [9.17, 15) is 19.1 Å². The molecule has 0 spiro atoms. The first-order chi connectivity index (χ1) is 10.4. The Kier molecular flexibility index (Phi) is 4.75. The zero-order valence-electron chi connectivity index (χ0n) is 12.5. The van der Waals surface area contributed by atoms with E-state index in [0.717, 1.165) is 5.56 Å². The summed E-state index contributed by atoms with van der Waals surface area (Å²) in [5.41, 5.74) is 1.47. The molecular weight excluding hydrogens is 289 g/mol. The lowest BCUT2D eigenvalue weighted by Gasteiger charge is -2.08. The van der Waals surface area contributed by atoms with E-state index in [1.54, 1.807) is 13.0 Å². The lowest BCUT2D eigenvalue weighted by atomic mass is 10.1. The van der Waals surface area contributed by atoms with Crippen molar-refractivity contribution in [2.24, 2.45) is 0 Å². The zero-order chi connectivity index (χ0) is 16.3. The number of aliphatic hydroxyl groups is 1. The van der Waals surface area contributed by atoms with Gasteiger partial charge in [0.1, 0.15) is 0 Å². The molecule has 1 aromatic rings. The minimum absolute atomic E-state index is 0.0896. The highest BCUT2D eigenvalue weighted by Crippen LogP contribution is 2.15. The lowest BCUT2D eigenvalue weighted by molar-refractivity contribution is -0.126. The molecule has 2 heterocycles. The average molecular weight is 307 g/mol. The third kappa shape index (κ3) is 3.41. The van der Waals surface area contributed by atoms with Crippen molar-refractivity contribution in [3.8, 4) is 0 Å². The summed E-state index contributed by atoms with van der Waals surface area (Å²) in [6, 6.07) is 1.73. The number of pyridine rings is 1. The number of nitrogens with one attached hydrogen (secondary N) is 1. The molecule has 0 radical (unpaired) electrons. The maximum atomic E-state index is 13.0. The Labute approximate surface area is 127 Å². The summed E-state index contributed by atoms with van der Waals surface area (Å²) in [5, 5.41) is 12.2. The van der Waals surface area contributed by atoms with Crippen LogP contribution in [0.25, 0.3) is 0 Å². The second kappa shape index (κ2) is 6.55. The maximum Gasteiger partial charge on any atom is 0.289 e. The summed E-state index contributed by atoms with van der Waals surface area (Å²) in [6.07, 6.45) is 2.78. The van der Waals surface area contributed by atoms with Gasteiger partial charge in [0, 0.05) is 25.4 Å². The molecule has 7 heteroatoms. The van der Waals surface area contributed by atoms with Crippen molar-refractivity contribution in [1.29, 1.82) is 0 Å². The van der Waals surface area contributed by atoms with Gasteiger partial charge in [-0.1, -0.05) is 6.07 Å². The number of aryl methyl sites for hydroxylation is 2. The molecule has 1 aromatic heterocycles. The van der Waals surface area contributed by atoms with Crippen LogP contribution in [-0.4, -0.2) is 46.9 Å². The Balaban J connectivity index is 1.80. The van der Waals surface area contributed by atoms with Gasteiger partial charge in [-0.3, -0.25) is 9.59 Å². The number of likely N-dealkylation sites (N-methyl/N-ethyl adjacent to an activating group) is 1. The first kappa shape index (κ1) is 15.9. The summed E-state index contributed by atoms with van der Waals surface area (Å²) >= 11 is 0. The van der Waals surface area contributed by atoms with E-state index in [4.69, 9.17) is 0 Å². The summed E-state index contributed by atoms with van der Waals surface area (Å²) in [5.74, 6) is -1.95. The van der Waals surface area contributed by atoms with Crippen LogP contribution in [0.2, 0.25) is 0 Å². The van der Waals surface area contributed by atoms with Crippen molar-refractivity contribution >= 4 is 11.8 Å². The Morgan fingerprint density at radius 2 is 2.27 bits per heavy atom. The predicted molar refractivity (Wildman–Crippen MR) is 77.6 cm³/mol. The van der Waals surface area contributed by atoms with Gasteiger partial charge in [-0.15, -0.1) is 0 Å². The molecule has 1 aliphatic heterocycles. The molecule has 0 fully saturated rings. The van der Waals surface area contributed by atoms with E-state index < -0.39 is 23.5 Å². The van der Waals surface area contributed by atoms with Crippen LogP contribution >= 0.6 is 0 Å². The van der Waals surface area contributed by atoms with Crippen molar-refractivity contribution in [3.05, 3.63) is 40.7 Å². The van der Waals surface area contributed by atoms with Gasteiger partial charge < -0.3 is 15.3 Å². The highest BCUT2D eigenvalue weighted by molar-refractivity contribution is 6.06. The normalized spacial score (nSPS) is 14.7. The van der Waals surface area contributed by atoms with Crippen molar-refractivity contribution in [2.45, 2.75) is 19.8 Å². The number of hydrogen-bond donors (Lipinski definition) is 2. The molecule has 2 rings (SSSR count). The Morgan fingerprint density at radius 3 is 2.86 bits per heavy atom. The van der Waals surface area contributed by atoms with Gasteiger partial charge in [-0.25, -0.2) is 4.98 Å². The number of amides is 2. The number of nitrogens with zero attached hydrogens (tertiary/aromatic N) is 2. The second-order valence-electron chi connectivity index (χ2n) is 5.30. The summed E-state index contributed by atoms with van der Waals surface area (Å²) < 4.78 is 13.0. The molecular formula is C15H18FN3O3. The van der Waals surface area contributed by atoms with Gasteiger partial charge in [-0.05, 0) is 25.3 Å². The molecule has 0 unspecified atom stereocenters. The second-order valence-corrected chi connectivity index (χ2v) is 5.30. The fourth-order valence-corrected chi connectivity index (χ4v) is 2.23. The summed E-state index contributed by atoms with van der Waals surface area (Å²) in [7, 11) is 1.52. The summed E-state index contributed by atoms with van der Waals surface area (Å²) in [6.45, 7) is 2.15. The van der Waals surface area contributed by atoms with Gasteiger partial charge in [0.2, 0.25) is 5.95 Å². The highest BCUT2D eigenvalue weighted by atomic mass is 19.1. The lowest BCUT2D eigenvalue weighted by Crippen LogP contribution is -2.29. The van der Waals surface area contributed by atoms with Crippen LogP contribution in [0.3, 0.4) is 0 Å². The van der Waals surface area contributed by atoms with Crippen LogP contribution < -0.4 is 5.32 Å². The van der Waals surface area contributed by atoms with E-state index in [-0.39, 0.29) is 12.1 Å². The number of carbonyl (C=O) groups is 2. The monoisotopic (exact) mass is 307 g/mol. The summed E-state index contributed by atoms with van der Waals surface area (Å²) in [4.78, 5) is 28.2. The van der Waals surface area contributed by atoms with E-state index in [0.29, 0.717) is 24.9 Å². The number of halogens is 1. The van der Waals surface area contributed by atoms with Gasteiger partial charge in [-0.2, -0.15) is 4.39 Å². The Hall–Kier alpha value is -2.44. The molecule has 0 aliphatic carbocycles. The van der Waals surface area contributed by atoms with Crippen LogP contribution in [0.5, 0.6) is 0 Å². The van der Waals surface area contributed by atoms with Crippen LogP contribution in [0.1, 0.15) is 17.5 Å². The number of rotatable bonds is 5. The SMILES string of the molecule is Cc1cc(CCCNC(=O)C2=C(O)C(=O)N(C)C2)cnc1F. The topological polar surface area (TPSA) is 82.5 Å². The molecule has 22 heavy (non-hydrogen) atoms. The van der Waals surface area contributed by atoms with Crippen LogP contribution in [0.15, 0.2) is 23.6 Å². The molecule has 1 aliphatic rings. The quantitative estimate of drug-likeness (QED) is 0.624.